The van der Waals surface area contributed by atoms with Crippen LogP contribution in [0, 0.1) is 5.92 Å². The van der Waals surface area contributed by atoms with Crippen LogP contribution in [-0.2, 0) is 6.54 Å². The van der Waals surface area contributed by atoms with E-state index in [1.54, 1.807) is 0 Å². The lowest BCUT2D eigenvalue weighted by atomic mass is 9.99. The largest absolute Gasteiger partial charge is 0.346 e. The molecule has 0 aliphatic carbocycles. The van der Waals surface area contributed by atoms with Crippen molar-refractivity contribution in [3.05, 3.63) is 41.0 Å². The molecular formula is C19H22Cl2N4. The Kier molecular flexibility index (Phi) is 5.92. The molecule has 0 saturated heterocycles. The van der Waals surface area contributed by atoms with Crippen molar-refractivity contribution in [2.45, 2.75) is 46.1 Å². The molecule has 6 heteroatoms. The molecule has 1 aromatic carbocycles. The van der Waals surface area contributed by atoms with Crippen LogP contribution in [-0.4, -0.2) is 19.5 Å². The van der Waals surface area contributed by atoms with Crippen molar-refractivity contribution < 1.29 is 0 Å². The molecule has 2 heterocycles. The Labute approximate surface area is 158 Å². The fourth-order valence-corrected chi connectivity index (χ4v) is 3.58. The van der Waals surface area contributed by atoms with Crippen molar-refractivity contribution in [3.63, 3.8) is 0 Å². The highest BCUT2D eigenvalue weighted by Gasteiger charge is 2.16. The van der Waals surface area contributed by atoms with E-state index >= 15 is 0 Å². The fourth-order valence-electron chi connectivity index (χ4n) is 3.22. The van der Waals surface area contributed by atoms with Gasteiger partial charge in [0.05, 0.1) is 0 Å². The summed E-state index contributed by atoms with van der Waals surface area (Å²) in [6.45, 7) is 5.49. The second-order valence-electron chi connectivity index (χ2n) is 6.33. The third-order valence-electron chi connectivity index (χ3n) is 4.61. The fraction of sp³-hybridized carbons (Fsp3) is 0.421. The summed E-state index contributed by atoms with van der Waals surface area (Å²) >= 11 is 11.9. The minimum Gasteiger partial charge on any atom is -0.346 e. The van der Waals surface area contributed by atoms with Crippen molar-refractivity contribution in [1.29, 1.82) is 0 Å². The number of fused-ring (bicyclic) bond motifs is 1. The maximum Gasteiger partial charge on any atom is 0.227 e. The van der Waals surface area contributed by atoms with Crippen LogP contribution in [0.1, 0.15) is 39.5 Å². The van der Waals surface area contributed by atoms with E-state index in [0.717, 1.165) is 17.5 Å². The Morgan fingerprint density at radius 2 is 1.76 bits per heavy atom. The van der Waals surface area contributed by atoms with Crippen LogP contribution in [0.15, 0.2) is 30.5 Å². The summed E-state index contributed by atoms with van der Waals surface area (Å²) in [5.74, 6) is 1.18. The molecule has 0 aliphatic heterocycles. The van der Waals surface area contributed by atoms with Gasteiger partial charge in [-0.15, -0.1) is 0 Å². The van der Waals surface area contributed by atoms with Gasteiger partial charge in [0, 0.05) is 29.2 Å². The third-order valence-corrected chi connectivity index (χ3v) is 4.95. The minimum atomic E-state index is 0.112. The van der Waals surface area contributed by atoms with Gasteiger partial charge < -0.3 is 4.57 Å². The molecule has 2 aromatic heterocycles. The van der Waals surface area contributed by atoms with Gasteiger partial charge in [0.2, 0.25) is 10.6 Å². The number of hydrogen-bond acceptors (Lipinski definition) is 3. The molecule has 0 bridgehead atoms. The van der Waals surface area contributed by atoms with E-state index in [4.69, 9.17) is 23.2 Å². The zero-order chi connectivity index (χ0) is 17.8. The Morgan fingerprint density at radius 3 is 2.44 bits per heavy atom. The summed E-state index contributed by atoms with van der Waals surface area (Å²) in [5, 5.41) is 1.33. The molecule has 0 spiro atoms. The molecule has 0 saturated carbocycles. The monoisotopic (exact) mass is 376 g/mol. The topological polar surface area (TPSA) is 43.6 Å². The van der Waals surface area contributed by atoms with Crippen LogP contribution in [0.5, 0.6) is 0 Å². The number of hydrogen-bond donors (Lipinski definition) is 0. The van der Waals surface area contributed by atoms with Crippen molar-refractivity contribution in [2.24, 2.45) is 5.92 Å². The number of nitrogens with zero attached hydrogens (tertiary/aromatic N) is 4. The summed E-state index contributed by atoms with van der Waals surface area (Å²) in [7, 11) is 0. The SMILES string of the molecule is CCCCC(CC)Cn1cc(-c2nc(Cl)nc(Cl)n2)c2ccccc21. The van der Waals surface area contributed by atoms with Gasteiger partial charge in [-0.3, -0.25) is 0 Å². The quantitative estimate of drug-likeness (QED) is 0.506. The highest BCUT2D eigenvalue weighted by Crippen LogP contribution is 2.30. The molecule has 0 fully saturated rings. The molecule has 1 unspecified atom stereocenters. The van der Waals surface area contributed by atoms with E-state index in [-0.39, 0.29) is 10.6 Å². The molecule has 4 nitrogen and oxygen atoms in total. The summed E-state index contributed by atoms with van der Waals surface area (Å²) < 4.78 is 2.31. The molecule has 25 heavy (non-hydrogen) atoms. The molecule has 0 radical (unpaired) electrons. The van der Waals surface area contributed by atoms with Gasteiger partial charge >= 0.3 is 0 Å². The number of rotatable bonds is 7. The first kappa shape index (κ1) is 18.2. The van der Waals surface area contributed by atoms with Crippen molar-refractivity contribution >= 4 is 34.1 Å². The highest BCUT2D eigenvalue weighted by molar-refractivity contribution is 6.31. The number of aromatic nitrogens is 4. The van der Waals surface area contributed by atoms with Crippen LogP contribution in [0.2, 0.25) is 10.6 Å². The molecule has 1 atom stereocenters. The Bertz CT molecular complexity index is 840. The average Bonchev–Trinajstić information content (AvgIpc) is 2.96. The standard InChI is InChI=1S/C19H22Cl2N4/c1-3-5-8-13(4-2)11-25-12-15(14-9-6-7-10-16(14)25)17-22-18(20)24-19(21)23-17/h6-7,9-10,12-13H,3-5,8,11H2,1-2H3. The molecule has 132 valence electrons. The second kappa shape index (κ2) is 8.15. The van der Waals surface area contributed by atoms with Gasteiger partial charge in [-0.25, -0.2) is 0 Å². The Morgan fingerprint density at radius 1 is 1.04 bits per heavy atom. The minimum absolute atomic E-state index is 0.112. The van der Waals surface area contributed by atoms with Crippen LogP contribution < -0.4 is 0 Å². The molecule has 3 aromatic rings. The maximum atomic E-state index is 5.97. The first-order chi connectivity index (χ1) is 12.1. The van der Waals surface area contributed by atoms with Crippen molar-refractivity contribution in [3.8, 4) is 11.4 Å². The predicted octanol–water partition coefficient (Wildman–Crippen LogP) is 6.02. The summed E-state index contributed by atoms with van der Waals surface area (Å²) in [6, 6.07) is 8.30. The summed E-state index contributed by atoms with van der Waals surface area (Å²) in [6.07, 6.45) is 7.03. The average molecular weight is 377 g/mol. The van der Waals surface area contributed by atoms with Crippen LogP contribution >= 0.6 is 23.2 Å². The summed E-state index contributed by atoms with van der Waals surface area (Å²) in [4.78, 5) is 12.4. The van der Waals surface area contributed by atoms with E-state index in [9.17, 15) is 0 Å². The van der Waals surface area contributed by atoms with Gasteiger partial charge in [0.15, 0.2) is 5.82 Å². The van der Waals surface area contributed by atoms with Crippen LogP contribution in [0.25, 0.3) is 22.3 Å². The number of halogens is 2. The van der Waals surface area contributed by atoms with Gasteiger partial charge in [-0.2, -0.15) is 15.0 Å². The van der Waals surface area contributed by atoms with Gasteiger partial charge in [-0.1, -0.05) is 51.3 Å². The lowest BCUT2D eigenvalue weighted by Crippen LogP contribution is -2.09. The highest BCUT2D eigenvalue weighted by atomic mass is 35.5. The maximum absolute atomic E-state index is 5.97. The third kappa shape index (κ3) is 4.13. The zero-order valence-electron chi connectivity index (χ0n) is 14.5. The normalized spacial score (nSPS) is 12.6. The van der Waals surface area contributed by atoms with E-state index in [1.807, 2.05) is 6.07 Å². The number of para-hydroxylation sites is 1. The van der Waals surface area contributed by atoms with E-state index in [0.29, 0.717) is 11.7 Å². The molecule has 0 amide bonds. The first-order valence-electron chi connectivity index (χ1n) is 8.77. The van der Waals surface area contributed by atoms with E-state index in [1.165, 1.54) is 31.2 Å². The first-order valence-corrected chi connectivity index (χ1v) is 9.53. The predicted molar refractivity (Wildman–Crippen MR) is 104 cm³/mol. The lowest BCUT2D eigenvalue weighted by molar-refractivity contribution is 0.396. The van der Waals surface area contributed by atoms with E-state index in [2.05, 4.69) is 57.8 Å². The van der Waals surface area contributed by atoms with Crippen molar-refractivity contribution in [1.82, 2.24) is 19.5 Å². The number of benzene rings is 1. The smallest absolute Gasteiger partial charge is 0.227 e. The van der Waals surface area contributed by atoms with Gasteiger partial charge in [0.1, 0.15) is 0 Å². The van der Waals surface area contributed by atoms with Crippen LogP contribution in [0.4, 0.5) is 0 Å². The molecular weight excluding hydrogens is 355 g/mol. The lowest BCUT2D eigenvalue weighted by Gasteiger charge is -2.16. The zero-order valence-corrected chi connectivity index (χ0v) is 16.1. The molecule has 3 rings (SSSR count). The Hall–Kier alpha value is -1.65. The molecule has 0 aliphatic rings. The number of unbranched alkanes of at least 4 members (excludes halogenated alkanes) is 1. The Balaban J connectivity index is 2.03. The summed E-state index contributed by atoms with van der Waals surface area (Å²) in [5.41, 5.74) is 2.12. The van der Waals surface area contributed by atoms with Gasteiger partial charge in [-0.05, 0) is 41.6 Å². The van der Waals surface area contributed by atoms with Gasteiger partial charge in [0.25, 0.3) is 0 Å². The molecule has 0 N–H and O–H groups in total. The van der Waals surface area contributed by atoms with Crippen LogP contribution in [0.3, 0.4) is 0 Å². The second-order valence-corrected chi connectivity index (χ2v) is 7.00. The van der Waals surface area contributed by atoms with E-state index < -0.39 is 0 Å². The van der Waals surface area contributed by atoms with Crippen molar-refractivity contribution in [2.75, 3.05) is 0 Å².